The number of aromatic nitrogens is 2. The highest BCUT2D eigenvalue weighted by atomic mass is 15.1. The van der Waals surface area contributed by atoms with Gasteiger partial charge in [-0.3, -0.25) is 4.40 Å². The predicted octanol–water partition coefficient (Wildman–Crippen LogP) is 8.26. The van der Waals surface area contributed by atoms with Crippen molar-refractivity contribution in [2.75, 3.05) is 38.0 Å². The van der Waals surface area contributed by atoms with Gasteiger partial charge in [0.1, 0.15) is 5.65 Å². The van der Waals surface area contributed by atoms with E-state index in [4.69, 9.17) is 4.98 Å². The maximum absolute atomic E-state index is 5.27. The highest BCUT2D eigenvalue weighted by molar-refractivity contribution is 6.25. The van der Waals surface area contributed by atoms with E-state index in [1.807, 2.05) is 0 Å². The van der Waals surface area contributed by atoms with Crippen LogP contribution in [0.2, 0.25) is 0 Å². The lowest BCUT2D eigenvalue weighted by Gasteiger charge is -2.15. The maximum Gasteiger partial charge on any atom is 0.138 e. The summed E-state index contributed by atoms with van der Waals surface area (Å²) in [6.45, 7) is 0. The molecule has 0 atom stereocenters. The van der Waals surface area contributed by atoms with Crippen LogP contribution < -0.4 is 9.80 Å². The molecule has 2 aromatic heterocycles. The minimum absolute atomic E-state index is 0.946. The van der Waals surface area contributed by atoms with Crippen molar-refractivity contribution in [2.24, 2.45) is 0 Å². The summed E-state index contributed by atoms with van der Waals surface area (Å²) in [5.74, 6) is 0. The van der Waals surface area contributed by atoms with Crippen LogP contribution in [0.4, 0.5) is 11.4 Å². The third-order valence-electron chi connectivity index (χ3n) is 7.80. The zero-order chi connectivity index (χ0) is 26.7. The number of fused-ring (bicyclic) bond motifs is 7. The number of hydrogen-bond donors (Lipinski definition) is 0. The first-order valence-corrected chi connectivity index (χ1v) is 13.3. The number of hydrogen-bond acceptors (Lipinski definition) is 3. The first-order chi connectivity index (χ1) is 19.0. The standard InChI is InChI=1S/C35H30N4/c1-37(2)25-17-13-23(14-18-25)34-35(24-15-19-26(20-16-24)38(3)4)39-22-32-30-12-8-6-10-28(30)27-9-5-7-11-29(27)31(32)21-33(39)36-34/h5-22H,1-4H3. The summed E-state index contributed by atoms with van der Waals surface area (Å²) < 4.78 is 2.28. The largest absolute Gasteiger partial charge is 0.378 e. The number of pyridine rings is 1. The molecule has 2 heterocycles. The van der Waals surface area contributed by atoms with Gasteiger partial charge in [-0.1, -0.05) is 72.8 Å². The first kappa shape index (κ1) is 23.3. The van der Waals surface area contributed by atoms with Crippen molar-refractivity contribution in [3.8, 4) is 22.5 Å². The third-order valence-corrected chi connectivity index (χ3v) is 7.80. The lowest BCUT2D eigenvalue weighted by atomic mass is 9.95. The summed E-state index contributed by atoms with van der Waals surface area (Å²) in [6.07, 6.45) is 2.29. The number of rotatable bonds is 4. The van der Waals surface area contributed by atoms with Gasteiger partial charge in [0, 0.05) is 62.3 Å². The van der Waals surface area contributed by atoms with E-state index in [1.54, 1.807) is 0 Å². The van der Waals surface area contributed by atoms with E-state index in [2.05, 4.69) is 152 Å². The Balaban J connectivity index is 1.58. The van der Waals surface area contributed by atoms with Crippen molar-refractivity contribution in [3.05, 3.63) is 109 Å². The average Bonchev–Trinajstić information content (AvgIpc) is 3.35. The summed E-state index contributed by atoms with van der Waals surface area (Å²) in [6, 6.07) is 37.1. The number of benzene rings is 5. The molecule has 0 fully saturated rings. The van der Waals surface area contributed by atoms with E-state index in [0.717, 1.165) is 28.2 Å². The molecule has 0 aliphatic rings. The van der Waals surface area contributed by atoms with Gasteiger partial charge < -0.3 is 9.80 Å². The van der Waals surface area contributed by atoms with Gasteiger partial charge in [0.05, 0.1) is 11.4 Å². The molecular weight excluding hydrogens is 476 g/mol. The number of anilines is 2. The van der Waals surface area contributed by atoms with Gasteiger partial charge in [-0.25, -0.2) is 4.98 Å². The van der Waals surface area contributed by atoms with Crippen LogP contribution in [0.5, 0.6) is 0 Å². The van der Waals surface area contributed by atoms with Crippen molar-refractivity contribution in [1.29, 1.82) is 0 Å². The topological polar surface area (TPSA) is 23.8 Å². The van der Waals surface area contributed by atoms with Crippen LogP contribution in [0.3, 0.4) is 0 Å². The molecule has 0 radical (unpaired) electrons. The van der Waals surface area contributed by atoms with Gasteiger partial charge >= 0.3 is 0 Å². The molecule has 0 aliphatic heterocycles. The van der Waals surface area contributed by atoms with Gasteiger partial charge in [-0.05, 0) is 57.3 Å². The Labute approximate surface area is 228 Å². The Hall–Kier alpha value is -4.83. The molecule has 7 rings (SSSR count). The lowest BCUT2D eigenvalue weighted by Crippen LogP contribution is -2.08. The van der Waals surface area contributed by atoms with E-state index in [9.17, 15) is 0 Å². The van der Waals surface area contributed by atoms with E-state index >= 15 is 0 Å². The predicted molar refractivity (Wildman–Crippen MR) is 167 cm³/mol. The molecule has 0 N–H and O–H groups in total. The van der Waals surface area contributed by atoms with E-state index in [-0.39, 0.29) is 0 Å². The third kappa shape index (κ3) is 3.71. The Morgan fingerprint density at radius 3 is 1.49 bits per heavy atom. The quantitative estimate of drug-likeness (QED) is 0.225. The van der Waals surface area contributed by atoms with Gasteiger partial charge in [0.25, 0.3) is 0 Å². The molecule has 0 unspecified atom stereocenters. The first-order valence-electron chi connectivity index (χ1n) is 13.3. The maximum atomic E-state index is 5.27. The second-order valence-electron chi connectivity index (χ2n) is 10.6. The molecule has 0 aliphatic carbocycles. The highest BCUT2D eigenvalue weighted by Gasteiger charge is 2.19. The van der Waals surface area contributed by atoms with Crippen LogP contribution in [-0.4, -0.2) is 37.6 Å². The minimum Gasteiger partial charge on any atom is -0.378 e. The summed E-state index contributed by atoms with van der Waals surface area (Å²) in [4.78, 5) is 9.52. The second kappa shape index (κ2) is 8.88. The Morgan fingerprint density at radius 2 is 0.974 bits per heavy atom. The van der Waals surface area contributed by atoms with Gasteiger partial charge in [0.15, 0.2) is 0 Å². The fraction of sp³-hybridized carbons (Fsp3) is 0.114. The molecule has 0 amide bonds. The van der Waals surface area contributed by atoms with Crippen molar-refractivity contribution in [1.82, 2.24) is 9.38 Å². The van der Waals surface area contributed by atoms with E-state index in [1.165, 1.54) is 43.7 Å². The molecule has 7 aromatic rings. The molecular formula is C35H30N4. The van der Waals surface area contributed by atoms with Crippen molar-refractivity contribution in [3.63, 3.8) is 0 Å². The van der Waals surface area contributed by atoms with Crippen LogP contribution in [0.25, 0.3) is 60.5 Å². The van der Waals surface area contributed by atoms with Crippen molar-refractivity contribution in [2.45, 2.75) is 0 Å². The van der Waals surface area contributed by atoms with Gasteiger partial charge in [-0.2, -0.15) is 0 Å². The zero-order valence-electron chi connectivity index (χ0n) is 22.7. The van der Waals surface area contributed by atoms with Crippen LogP contribution >= 0.6 is 0 Å². The van der Waals surface area contributed by atoms with Crippen LogP contribution in [0, 0.1) is 0 Å². The molecule has 5 aromatic carbocycles. The summed E-state index contributed by atoms with van der Waals surface area (Å²) in [5, 5.41) is 7.52. The van der Waals surface area contributed by atoms with Crippen LogP contribution in [0.1, 0.15) is 0 Å². The number of imidazole rings is 1. The summed E-state index contributed by atoms with van der Waals surface area (Å²) in [7, 11) is 8.28. The smallest absolute Gasteiger partial charge is 0.138 e. The van der Waals surface area contributed by atoms with Crippen LogP contribution in [0.15, 0.2) is 109 Å². The molecule has 0 saturated heterocycles. The SMILES string of the molecule is CN(C)c1ccc(-c2nc3cc4c5ccccc5c5ccccc5c4cn3c2-c2ccc(N(C)C)cc2)cc1. The van der Waals surface area contributed by atoms with Gasteiger partial charge in [0.2, 0.25) is 0 Å². The second-order valence-corrected chi connectivity index (χ2v) is 10.6. The fourth-order valence-corrected chi connectivity index (χ4v) is 5.74. The normalized spacial score (nSPS) is 11.6. The molecule has 190 valence electrons. The zero-order valence-corrected chi connectivity index (χ0v) is 22.7. The Bertz CT molecular complexity index is 2000. The van der Waals surface area contributed by atoms with E-state index < -0.39 is 0 Å². The molecule has 0 bridgehead atoms. The molecule has 39 heavy (non-hydrogen) atoms. The summed E-state index contributed by atoms with van der Waals surface area (Å²) in [5.41, 5.74) is 7.63. The Morgan fingerprint density at radius 1 is 0.513 bits per heavy atom. The molecule has 0 saturated carbocycles. The average molecular weight is 507 g/mol. The summed E-state index contributed by atoms with van der Waals surface area (Å²) >= 11 is 0. The monoisotopic (exact) mass is 506 g/mol. The number of nitrogens with zero attached hydrogens (tertiary/aromatic N) is 4. The molecule has 4 nitrogen and oxygen atoms in total. The highest BCUT2D eigenvalue weighted by Crippen LogP contribution is 2.39. The Kier molecular flexibility index (Phi) is 5.31. The van der Waals surface area contributed by atoms with E-state index in [0.29, 0.717) is 0 Å². The van der Waals surface area contributed by atoms with Crippen molar-refractivity contribution >= 4 is 49.3 Å². The van der Waals surface area contributed by atoms with Crippen LogP contribution in [-0.2, 0) is 0 Å². The fourth-order valence-electron chi connectivity index (χ4n) is 5.74. The van der Waals surface area contributed by atoms with Gasteiger partial charge in [-0.15, -0.1) is 0 Å². The molecule has 0 spiro atoms. The molecule has 4 heteroatoms. The van der Waals surface area contributed by atoms with Crippen molar-refractivity contribution < 1.29 is 0 Å². The lowest BCUT2D eigenvalue weighted by molar-refractivity contribution is 1.13. The minimum atomic E-state index is 0.946.